The maximum absolute atomic E-state index is 10.3. The highest BCUT2D eigenvalue weighted by Crippen LogP contribution is 2.07. The zero-order valence-corrected chi connectivity index (χ0v) is 6.60. The van der Waals surface area contributed by atoms with E-state index in [0.29, 0.717) is 12.5 Å². The molecule has 0 radical (unpaired) electrons. The number of hydrogen-bond donors (Lipinski definition) is 3. The van der Waals surface area contributed by atoms with E-state index in [2.05, 4.69) is 10.6 Å². The highest BCUT2D eigenvalue weighted by molar-refractivity contribution is 5.71. The molecule has 0 aliphatic carbocycles. The highest BCUT2D eigenvalue weighted by Gasteiger charge is 2.12. The molecule has 0 spiro atoms. The van der Waals surface area contributed by atoms with Gasteiger partial charge in [0.25, 0.3) is 0 Å². The van der Waals surface area contributed by atoms with Crippen LogP contribution in [-0.2, 0) is 0 Å². The molecule has 1 aliphatic heterocycles. The SMILES string of the molecule is NC(=O)NCC1CCCNC1. The Kier molecular flexibility index (Phi) is 3.16. The Bertz CT molecular complexity index is 132. The van der Waals surface area contributed by atoms with E-state index in [9.17, 15) is 4.79 Å². The number of nitrogens with two attached hydrogens (primary N) is 1. The zero-order valence-electron chi connectivity index (χ0n) is 6.60. The second-order valence-electron chi connectivity index (χ2n) is 2.96. The Morgan fingerprint density at radius 2 is 2.55 bits per heavy atom. The lowest BCUT2D eigenvalue weighted by Crippen LogP contribution is -2.39. The number of carbonyl (C=O) groups excluding carboxylic acids is 1. The Balaban J connectivity index is 2.09. The molecule has 1 unspecified atom stereocenters. The second kappa shape index (κ2) is 4.18. The van der Waals surface area contributed by atoms with Crippen LogP contribution >= 0.6 is 0 Å². The average Bonchev–Trinajstić information content (AvgIpc) is 2.03. The predicted molar refractivity (Wildman–Crippen MR) is 43.2 cm³/mol. The van der Waals surface area contributed by atoms with Crippen molar-refractivity contribution in [2.24, 2.45) is 11.7 Å². The summed E-state index contributed by atoms with van der Waals surface area (Å²) in [5.41, 5.74) is 4.94. The van der Waals surface area contributed by atoms with Gasteiger partial charge in [0.1, 0.15) is 0 Å². The summed E-state index contributed by atoms with van der Waals surface area (Å²) in [6.45, 7) is 2.82. The molecule has 2 amide bonds. The van der Waals surface area contributed by atoms with Gasteiger partial charge < -0.3 is 16.4 Å². The number of urea groups is 1. The molecule has 4 N–H and O–H groups in total. The monoisotopic (exact) mass is 157 g/mol. The molecule has 0 saturated carbocycles. The van der Waals surface area contributed by atoms with Gasteiger partial charge in [0.2, 0.25) is 0 Å². The number of amides is 2. The van der Waals surface area contributed by atoms with E-state index in [1.165, 1.54) is 12.8 Å². The molecule has 64 valence electrons. The lowest BCUT2D eigenvalue weighted by atomic mass is 10.00. The van der Waals surface area contributed by atoms with Gasteiger partial charge in [-0.3, -0.25) is 0 Å². The van der Waals surface area contributed by atoms with Crippen molar-refractivity contribution >= 4 is 6.03 Å². The minimum atomic E-state index is -0.421. The Morgan fingerprint density at radius 1 is 1.73 bits per heavy atom. The standard InChI is InChI=1S/C7H15N3O/c8-7(11)10-5-6-2-1-3-9-4-6/h6,9H,1-5H2,(H3,8,10,11). The van der Waals surface area contributed by atoms with Crippen LogP contribution in [0.2, 0.25) is 0 Å². The van der Waals surface area contributed by atoms with Crippen molar-refractivity contribution in [3.63, 3.8) is 0 Å². The first kappa shape index (κ1) is 8.33. The summed E-state index contributed by atoms with van der Waals surface area (Å²) < 4.78 is 0. The summed E-state index contributed by atoms with van der Waals surface area (Å²) in [7, 11) is 0. The van der Waals surface area contributed by atoms with Crippen LogP contribution in [0.5, 0.6) is 0 Å². The van der Waals surface area contributed by atoms with Gasteiger partial charge in [-0.05, 0) is 31.8 Å². The molecule has 0 bridgehead atoms. The van der Waals surface area contributed by atoms with Crippen LogP contribution in [0, 0.1) is 5.92 Å². The predicted octanol–water partition coefficient (Wildman–Crippen LogP) is -0.346. The normalized spacial score (nSPS) is 24.5. The molecule has 1 saturated heterocycles. The van der Waals surface area contributed by atoms with Crippen molar-refractivity contribution in [2.45, 2.75) is 12.8 Å². The maximum atomic E-state index is 10.3. The van der Waals surface area contributed by atoms with Crippen LogP contribution in [0.1, 0.15) is 12.8 Å². The Labute approximate surface area is 66.5 Å². The van der Waals surface area contributed by atoms with Gasteiger partial charge in [-0.25, -0.2) is 4.79 Å². The van der Waals surface area contributed by atoms with Gasteiger partial charge in [-0.2, -0.15) is 0 Å². The third-order valence-electron chi connectivity index (χ3n) is 1.96. The smallest absolute Gasteiger partial charge is 0.312 e. The van der Waals surface area contributed by atoms with E-state index in [1.807, 2.05) is 0 Å². The van der Waals surface area contributed by atoms with Crippen molar-refractivity contribution < 1.29 is 4.79 Å². The maximum Gasteiger partial charge on any atom is 0.312 e. The van der Waals surface area contributed by atoms with Crippen LogP contribution < -0.4 is 16.4 Å². The largest absolute Gasteiger partial charge is 0.352 e. The van der Waals surface area contributed by atoms with Crippen molar-refractivity contribution in [3.05, 3.63) is 0 Å². The lowest BCUT2D eigenvalue weighted by Gasteiger charge is -2.22. The summed E-state index contributed by atoms with van der Waals surface area (Å²) in [6, 6.07) is -0.421. The topological polar surface area (TPSA) is 67.2 Å². The first-order valence-corrected chi connectivity index (χ1v) is 4.03. The minimum Gasteiger partial charge on any atom is -0.352 e. The van der Waals surface area contributed by atoms with Gasteiger partial charge in [0, 0.05) is 6.54 Å². The van der Waals surface area contributed by atoms with E-state index < -0.39 is 6.03 Å². The van der Waals surface area contributed by atoms with E-state index >= 15 is 0 Å². The first-order chi connectivity index (χ1) is 5.29. The van der Waals surface area contributed by atoms with E-state index in [4.69, 9.17) is 5.73 Å². The number of hydrogen-bond acceptors (Lipinski definition) is 2. The Hall–Kier alpha value is -0.770. The number of primary amides is 1. The first-order valence-electron chi connectivity index (χ1n) is 4.03. The fourth-order valence-corrected chi connectivity index (χ4v) is 1.34. The molecule has 0 aromatic heterocycles. The molecule has 1 atom stereocenters. The van der Waals surface area contributed by atoms with Crippen LogP contribution in [0.4, 0.5) is 4.79 Å². The van der Waals surface area contributed by atoms with Crippen LogP contribution in [0.25, 0.3) is 0 Å². The van der Waals surface area contributed by atoms with E-state index in [1.54, 1.807) is 0 Å². The van der Waals surface area contributed by atoms with Crippen molar-refractivity contribution in [1.29, 1.82) is 0 Å². The lowest BCUT2D eigenvalue weighted by molar-refractivity contribution is 0.245. The van der Waals surface area contributed by atoms with Crippen LogP contribution in [0.3, 0.4) is 0 Å². The van der Waals surface area contributed by atoms with E-state index in [0.717, 1.165) is 13.1 Å². The highest BCUT2D eigenvalue weighted by atomic mass is 16.2. The number of nitrogens with one attached hydrogen (secondary N) is 2. The molecule has 1 fully saturated rings. The van der Waals surface area contributed by atoms with Gasteiger partial charge >= 0.3 is 6.03 Å². The average molecular weight is 157 g/mol. The van der Waals surface area contributed by atoms with Gasteiger partial charge in [-0.1, -0.05) is 0 Å². The summed E-state index contributed by atoms with van der Waals surface area (Å²) in [5, 5.41) is 5.88. The van der Waals surface area contributed by atoms with Crippen LogP contribution in [-0.4, -0.2) is 25.7 Å². The summed E-state index contributed by atoms with van der Waals surface area (Å²) >= 11 is 0. The third-order valence-corrected chi connectivity index (χ3v) is 1.96. The third kappa shape index (κ3) is 3.23. The van der Waals surface area contributed by atoms with Crippen molar-refractivity contribution in [1.82, 2.24) is 10.6 Å². The van der Waals surface area contributed by atoms with Gasteiger partial charge in [-0.15, -0.1) is 0 Å². The molecular formula is C7H15N3O. The molecule has 1 aliphatic rings. The second-order valence-corrected chi connectivity index (χ2v) is 2.96. The quantitative estimate of drug-likeness (QED) is 0.513. The fourth-order valence-electron chi connectivity index (χ4n) is 1.34. The molecule has 0 aromatic rings. The summed E-state index contributed by atoms with van der Waals surface area (Å²) in [6.07, 6.45) is 2.39. The van der Waals surface area contributed by atoms with Crippen molar-refractivity contribution in [3.8, 4) is 0 Å². The van der Waals surface area contributed by atoms with Crippen molar-refractivity contribution in [2.75, 3.05) is 19.6 Å². The van der Waals surface area contributed by atoms with Gasteiger partial charge in [0.05, 0.1) is 0 Å². The van der Waals surface area contributed by atoms with Gasteiger partial charge in [0.15, 0.2) is 0 Å². The number of piperidine rings is 1. The number of rotatable bonds is 2. The van der Waals surface area contributed by atoms with Crippen LogP contribution in [0.15, 0.2) is 0 Å². The summed E-state index contributed by atoms with van der Waals surface area (Å²) in [5.74, 6) is 0.566. The molecule has 11 heavy (non-hydrogen) atoms. The molecular weight excluding hydrogens is 142 g/mol. The van der Waals surface area contributed by atoms with E-state index in [-0.39, 0.29) is 0 Å². The molecule has 0 aromatic carbocycles. The number of carbonyl (C=O) groups is 1. The fraction of sp³-hybridized carbons (Fsp3) is 0.857. The molecule has 1 rings (SSSR count). The summed E-state index contributed by atoms with van der Waals surface area (Å²) in [4.78, 5) is 10.3. The zero-order chi connectivity index (χ0) is 8.10. The minimum absolute atomic E-state index is 0.421. The Morgan fingerprint density at radius 3 is 3.09 bits per heavy atom. The molecule has 4 nitrogen and oxygen atoms in total. The molecule has 1 heterocycles. The molecule has 4 heteroatoms.